The molecular formula is C23H26O8. The Morgan fingerprint density at radius 3 is 1.52 bits per heavy atom. The molecule has 8 nitrogen and oxygen atoms in total. The van der Waals surface area contributed by atoms with Crippen molar-refractivity contribution in [2.24, 2.45) is 0 Å². The van der Waals surface area contributed by atoms with Crippen molar-refractivity contribution in [3.05, 3.63) is 71.8 Å². The summed E-state index contributed by atoms with van der Waals surface area (Å²) in [5.41, 5.74) is 0.700. The summed E-state index contributed by atoms with van der Waals surface area (Å²) in [6.07, 6.45) is -4.52. The quantitative estimate of drug-likeness (QED) is 0.612. The summed E-state index contributed by atoms with van der Waals surface area (Å²) < 4.78 is 21.7. The van der Waals surface area contributed by atoms with Crippen molar-refractivity contribution < 1.29 is 38.7 Å². The van der Waals surface area contributed by atoms with Gasteiger partial charge in [0.05, 0.1) is 11.1 Å². The molecule has 0 saturated carbocycles. The molecule has 1 fully saturated rings. The van der Waals surface area contributed by atoms with E-state index in [1.165, 1.54) is 0 Å². The smallest absolute Gasteiger partial charge is 0.338 e. The number of aliphatic hydroxyl groups is 2. The Kier molecular flexibility index (Phi) is 7.40. The summed E-state index contributed by atoms with van der Waals surface area (Å²) in [5.74, 6) is -2.28. The number of carbonyl (C=O) groups excluding carboxylic acids is 2. The maximum atomic E-state index is 12.1. The molecule has 166 valence electrons. The fraction of sp³-hybridized carbons (Fsp3) is 0.391. The molecule has 31 heavy (non-hydrogen) atoms. The first-order valence-electron chi connectivity index (χ1n) is 9.93. The van der Waals surface area contributed by atoms with Gasteiger partial charge in [-0.3, -0.25) is 0 Å². The van der Waals surface area contributed by atoms with Crippen molar-refractivity contribution >= 4 is 11.9 Å². The number of rotatable bonds is 8. The van der Waals surface area contributed by atoms with Crippen LogP contribution in [-0.4, -0.2) is 65.6 Å². The average Bonchev–Trinajstić information content (AvgIpc) is 3.12. The van der Waals surface area contributed by atoms with Crippen molar-refractivity contribution in [1.29, 1.82) is 0 Å². The van der Waals surface area contributed by atoms with Crippen LogP contribution in [0.2, 0.25) is 0 Å². The minimum Gasteiger partial charge on any atom is -0.459 e. The summed E-state index contributed by atoms with van der Waals surface area (Å²) in [6.45, 7) is 2.55. The minimum absolute atomic E-state index is 0.350. The maximum absolute atomic E-state index is 12.1. The highest BCUT2D eigenvalue weighted by atomic mass is 16.8. The highest BCUT2D eigenvalue weighted by molar-refractivity contribution is 5.89. The SMILES string of the molecule is CC1(C)O[C@H]([C@H](O)COC(=O)c2ccccc2)[C@@H]([C@@H](O)COC(=O)c2ccccc2)O1. The monoisotopic (exact) mass is 430 g/mol. The van der Waals surface area contributed by atoms with E-state index in [1.54, 1.807) is 74.5 Å². The molecule has 1 saturated heterocycles. The van der Waals surface area contributed by atoms with E-state index in [2.05, 4.69) is 0 Å². The lowest BCUT2D eigenvalue weighted by Gasteiger charge is -2.25. The van der Waals surface area contributed by atoms with E-state index in [4.69, 9.17) is 18.9 Å². The second-order valence-corrected chi connectivity index (χ2v) is 7.63. The van der Waals surface area contributed by atoms with Crippen LogP contribution >= 0.6 is 0 Å². The fourth-order valence-corrected chi connectivity index (χ4v) is 3.24. The van der Waals surface area contributed by atoms with Gasteiger partial charge in [0.15, 0.2) is 5.79 Å². The number of esters is 2. The van der Waals surface area contributed by atoms with Crippen LogP contribution in [0.3, 0.4) is 0 Å². The van der Waals surface area contributed by atoms with Crippen molar-refractivity contribution in [3.8, 4) is 0 Å². The third-order valence-electron chi connectivity index (χ3n) is 4.71. The van der Waals surface area contributed by atoms with E-state index < -0.39 is 42.1 Å². The molecule has 0 aromatic heterocycles. The third kappa shape index (κ3) is 6.11. The second kappa shape index (κ2) is 10.0. The Balaban J connectivity index is 1.57. The van der Waals surface area contributed by atoms with Gasteiger partial charge in [0.2, 0.25) is 0 Å². The summed E-state index contributed by atoms with van der Waals surface area (Å²) in [7, 11) is 0. The van der Waals surface area contributed by atoms with Crippen LogP contribution in [0.15, 0.2) is 60.7 Å². The van der Waals surface area contributed by atoms with Crippen LogP contribution in [0.4, 0.5) is 0 Å². The molecular weight excluding hydrogens is 404 g/mol. The first kappa shape index (κ1) is 22.9. The van der Waals surface area contributed by atoms with E-state index in [0.29, 0.717) is 11.1 Å². The Labute approximate surface area is 180 Å². The standard InChI is InChI=1S/C23H26O8/c1-23(2)30-19(17(24)13-28-21(26)15-9-5-3-6-10-15)20(31-23)18(25)14-29-22(27)16-11-7-4-8-12-16/h3-12,17-20,24-25H,13-14H2,1-2H3/t17-,18+,19-,20-/m1/s1. The van der Waals surface area contributed by atoms with Gasteiger partial charge in [-0.2, -0.15) is 0 Å². The molecule has 0 amide bonds. The Morgan fingerprint density at radius 1 is 0.806 bits per heavy atom. The molecule has 8 heteroatoms. The van der Waals surface area contributed by atoms with Gasteiger partial charge in [-0.1, -0.05) is 36.4 Å². The Morgan fingerprint density at radius 2 is 1.16 bits per heavy atom. The summed E-state index contributed by atoms with van der Waals surface area (Å²) in [5, 5.41) is 21.1. The second-order valence-electron chi connectivity index (χ2n) is 7.63. The number of benzene rings is 2. The van der Waals surface area contributed by atoms with E-state index in [1.807, 2.05) is 0 Å². The highest BCUT2D eigenvalue weighted by Crippen LogP contribution is 2.32. The molecule has 0 radical (unpaired) electrons. The summed E-state index contributed by atoms with van der Waals surface area (Å²) in [6, 6.07) is 16.7. The van der Waals surface area contributed by atoms with E-state index in [9.17, 15) is 19.8 Å². The first-order valence-corrected chi connectivity index (χ1v) is 9.93. The predicted molar refractivity (Wildman–Crippen MR) is 109 cm³/mol. The van der Waals surface area contributed by atoms with E-state index in [0.717, 1.165) is 0 Å². The molecule has 0 unspecified atom stereocenters. The molecule has 0 aliphatic carbocycles. The van der Waals surface area contributed by atoms with Crippen molar-refractivity contribution in [2.45, 2.75) is 44.1 Å². The van der Waals surface area contributed by atoms with Crippen LogP contribution in [0.1, 0.15) is 34.6 Å². The van der Waals surface area contributed by atoms with Crippen molar-refractivity contribution in [3.63, 3.8) is 0 Å². The average molecular weight is 430 g/mol. The number of carbonyl (C=O) groups is 2. The zero-order chi connectivity index (χ0) is 22.4. The molecule has 2 aromatic carbocycles. The van der Waals surface area contributed by atoms with Gasteiger partial charge >= 0.3 is 11.9 Å². The fourth-order valence-electron chi connectivity index (χ4n) is 3.24. The van der Waals surface area contributed by atoms with Gasteiger partial charge in [0, 0.05) is 0 Å². The molecule has 2 N–H and O–H groups in total. The van der Waals surface area contributed by atoms with Crippen LogP contribution in [0, 0.1) is 0 Å². The summed E-state index contributed by atoms with van der Waals surface area (Å²) in [4.78, 5) is 24.2. The Hall–Kier alpha value is -2.78. The number of ether oxygens (including phenoxy) is 4. The van der Waals surface area contributed by atoms with Gasteiger partial charge in [-0.25, -0.2) is 9.59 Å². The molecule has 1 aliphatic heterocycles. The minimum atomic E-state index is -1.26. The highest BCUT2D eigenvalue weighted by Gasteiger charge is 2.48. The molecule has 1 heterocycles. The predicted octanol–water partition coefficient (Wildman–Crippen LogP) is 1.94. The number of hydrogen-bond acceptors (Lipinski definition) is 8. The van der Waals surface area contributed by atoms with Crippen LogP contribution in [0.25, 0.3) is 0 Å². The first-order chi connectivity index (χ1) is 14.8. The van der Waals surface area contributed by atoms with Gasteiger partial charge in [0.1, 0.15) is 37.6 Å². The van der Waals surface area contributed by atoms with E-state index >= 15 is 0 Å². The lowest BCUT2D eigenvalue weighted by atomic mass is 10.0. The van der Waals surface area contributed by atoms with Crippen molar-refractivity contribution in [1.82, 2.24) is 0 Å². The van der Waals surface area contributed by atoms with Gasteiger partial charge in [-0.05, 0) is 38.1 Å². The lowest BCUT2D eigenvalue weighted by Crippen LogP contribution is -2.46. The maximum Gasteiger partial charge on any atom is 0.338 e. The third-order valence-corrected chi connectivity index (χ3v) is 4.71. The van der Waals surface area contributed by atoms with Crippen LogP contribution < -0.4 is 0 Å². The zero-order valence-electron chi connectivity index (χ0n) is 17.3. The molecule has 1 aliphatic rings. The van der Waals surface area contributed by atoms with E-state index in [-0.39, 0.29) is 13.2 Å². The summed E-state index contributed by atoms with van der Waals surface area (Å²) >= 11 is 0. The molecule has 0 spiro atoms. The Bertz CT molecular complexity index is 796. The zero-order valence-corrected chi connectivity index (χ0v) is 17.3. The number of hydrogen-bond donors (Lipinski definition) is 2. The van der Waals surface area contributed by atoms with Crippen LogP contribution in [-0.2, 0) is 18.9 Å². The molecule has 4 atom stereocenters. The van der Waals surface area contributed by atoms with Crippen molar-refractivity contribution in [2.75, 3.05) is 13.2 Å². The topological polar surface area (TPSA) is 112 Å². The normalized spacial score (nSPS) is 21.8. The van der Waals surface area contributed by atoms with Gasteiger partial charge in [-0.15, -0.1) is 0 Å². The van der Waals surface area contributed by atoms with Gasteiger partial charge in [0.25, 0.3) is 0 Å². The van der Waals surface area contributed by atoms with Crippen LogP contribution in [0.5, 0.6) is 0 Å². The largest absolute Gasteiger partial charge is 0.459 e. The molecule has 0 bridgehead atoms. The van der Waals surface area contributed by atoms with Gasteiger partial charge < -0.3 is 29.2 Å². The molecule has 3 rings (SSSR count). The number of aliphatic hydroxyl groups excluding tert-OH is 2. The molecule has 2 aromatic rings. The lowest BCUT2D eigenvalue weighted by molar-refractivity contribution is -0.163.